The summed E-state index contributed by atoms with van der Waals surface area (Å²) >= 11 is 0. The molecule has 1 aliphatic carbocycles. The number of hydrogen-bond acceptors (Lipinski definition) is 10. The molecule has 1 fully saturated rings. The van der Waals surface area contributed by atoms with Crippen LogP contribution in [0.2, 0.25) is 0 Å². The standard InChI is InChI=1S/C21H23F2N7O4/c22-20(23)32-17-11-26-21(27-12-17)28-14-4-5-15(8-14)29-34-33-18-3-1-2-6-30(18)16-7-13(19(24)31)9-25-10-16/h1-3,6-7,9-12,14-15,18,20,29H,4-5,8H2,(H2,24,31)(H,26,27,28)/t14-,15-,18?/m0/s1. The minimum Gasteiger partial charge on any atom is -0.432 e. The van der Waals surface area contributed by atoms with Gasteiger partial charge in [-0.1, -0.05) is 6.08 Å². The average molecular weight is 475 g/mol. The Morgan fingerprint density at radius 2 is 1.94 bits per heavy atom. The number of ether oxygens (including phenoxy) is 1. The van der Waals surface area contributed by atoms with E-state index in [2.05, 4.69) is 30.5 Å². The molecule has 11 nitrogen and oxygen atoms in total. The van der Waals surface area contributed by atoms with E-state index < -0.39 is 18.7 Å². The second-order valence-corrected chi connectivity index (χ2v) is 7.59. The van der Waals surface area contributed by atoms with Gasteiger partial charge in [0.2, 0.25) is 11.9 Å². The fourth-order valence-corrected chi connectivity index (χ4v) is 3.60. The Morgan fingerprint density at radius 1 is 1.15 bits per heavy atom. The third-order valence-electron chi connectivity index (χ3n) is 5.19. The SMILES string of the molecule is NC(=O)c1cncc(N2C=CC=CC2OON[C@H]2CC[C@H](Nc3ncc(OC(F)F)cn3)C2)c1. The molecule has 13 heteroatoms. The van der Waals surface area contributed by atoms with E-state index in [1.165, 1.54) is 18.6 Å². The number of carbonyl (C=O) groups is 1. The number of hydroxylamine groups is 1. The van der Waals surface area contributed by atoms with Crippen molar-refractivity contribution < 1.29 is 28.2 Å². The fourth-order valence-electron chi connectivity index (χ4n) is 3.60. The zero-order valence-electron chi connectivity index (χ0n) is 17.9. The van der Waals surface area contributed by atoms with Crippen molar-refractivity contribution in [3.63, 3.8) is 0 Å². The summed E-state index contributed by atoms with van der Waals surface area (Å²) in [4.78, 5) is 36.0. The number of primary amides is 1. The predicted octanol–water partition coefficient (Wildman–Crippen LogP) is 2.27. The number of rotatable bonds is 10. The van der Waals surface area contributed by atoms with Crippen LogP contribution in [0, 0.1) is 0 Å². The van der Waals surface area contributed by atoms with Gasteiger partial charge >= 0.3 is 6.61 Å². The fraction of sp³-hybridized carbons (Fsp3) is 0.333. The molecule has 0 aromatic carbocycles. The lowest BCUT2D eigenvalue weighted by molar-refractivity contribution is -0.358. The van der Waals surface area contributed by atoms with Crippen LogP contribution in [0.1, 0.15) is 29.6 Å². The molecule has 1 aliphatic heterocycles. The maximum absolute atomic E-state index is 12.2. The lowest BCUT2D eigenvalue weighted by atomic mass is 10.2. The minimum atomic E-state index is -2.92. The lowest BCUT2D eigenvalue weighted by Crippen LogP contribution is -2.37. The third kappa shape index (κ3) is 6.21. The van der Waals surface area contributed by atoms with Gasteiger partial charge in [-0.25, -0.2) is 9.97 Å². The molecule has 3 heterocycles. The maximum atomic E-state index is 12.2. The minimum absolute atomic E-state index is 0.00959. The summed E-state index contributed by atoms with van der Waals surface area (Å²) in [6.45, 7) is -2.92. The van der Waals surface area contributed by atoms with Gasteiger partial charge in [-0.05, 0) is 37.5 Å². The number of nitrogens with one attached hydrogen (secondary N) is 2. The second kappa shape index (κ2) is 11.0. The van der Waals surface area contributed by atoms with Crippen molar-refractivity contribution >= 4 is 17.5 Å². The van der Waals surface area contributed by atoms with Crippen LogP contribution in [0.15, 0.2) is 55.3 Å². The Bertz CT molecular complexity index is 1040. The average Bonchev–Trinajstić information content (AvgIpc) is 3.27. The molecular weight excluding hydrogens is 452 g/mol. The summed E-state index contributed by atoms with van der Waals surface area (Å²) in [7, 11) is 0. The van der Waals surface area contributed by atoms with Crippen molar-refractivity contribution in [3.8, 4) is 5.75 Å². The summed E-state index contributed by atoms with van der Waals surface area (Å²) in [6.07, 6.45) is 14.3. The summed E-state index contributed by atoms with van der Waals surface area (Å²) in [5.74, 6) is -0.352. The Kier molecular flexibility index (Phi) is 7.57. The van der Waals surface area contributed by atoms with Crippen LogP contribution in [0.3, 0.4) is 0 Å². The summed E-state index contributed by atoms with van der Waals surface area (Å²) < 4.78 is 28.7. The van der Waals surface area contributed by atoms with Crippen molar-refractivity contribution in [3.05, 3.63) is 60.8 Å². The number of pyridine rings is 1. The topological polar surface area (TPSA) is 137 Å². The zero-order chi connectivity index (χ0) is 23.9. The highest BCUT2D eigenvalue weighted by molar-refractivity contribution is 5.93. The van der Waals surface area contributed by atoms with Gasteiger partial charge in [-0.3, -0.25) is 9.78 Å². The van der Waals surface area contributed by atoms with Gasteiger partial charge in [-0.15, -0.1) is 4.99 Å². The Hall–Kier alpha value is -3.68. The molecule has 2 aromatic rings. The van der Waals surface area contributed by atoms with Crippen LogP contribution in [-0.4, -0.2) is 45.8 Å². The number of nitrogens with zero attached hydrogens (tertiary/aromatic N) is 4. The number of aromatic nitrogens is 3. The highest BCUT2D eigenvalue weighted by atomic mass is 19.3. The molecule has 0 spiro atoms. The molecule has 34 heavy (non-hydrogen) atoms. The first-order valence-corrected chi connectivity index (χ1v) is 10.5. The molecule has 0 radical (unpaired) electrons. The monoisotopic (exact) mass is 475 g/mol. The molecule has 4 N–H and O–H groups in total. The highest BCUT2D eigenvalue weighted by Gasteiger charge is 2.26. The molecule has 1 saturated carbocycles. The molecule has 3 atom stereocenters. The molecule has 2 aromatic heterocycles. The number of carbonyl (C=O) groups excluding carboxylic acids is 1. The Morgan fingerprint density at radius 3 is 2.71 bits per heavy atom. The smallest absolute Gasteiger partial charge is 0.387 e. The number of alkyl halides is 2. The number of allylic oxidation sites excluding steroid dienone is 2. The van der Waals surface area contributed by atoms with E-state index in [9.17, 15) is 13.6 Å². The number of anilines is 2. The van der Waals surface area contributed by atoms with E-state index in [-0.39, 0.29) is 23.4 Å². The van der Waals surface area contributed by atoms with E-state index in [0.717, 1.165) is 12.8 Å². The first-order chi connectivity index (χ1) is 16.5. The molecule has 1 amide bonds. The molecular formula is C21H23F2N7O4. The lowest BCUT2D eigenvalue weighted by Gasteiger charge is -2.29. The summed E-state index contributed by atoms with van der Waals surface area (Å²) in [5, 5.41) is 3.16. The Balaban J connectivity index is 1.24. The second-order valence-electron chi connectivity index (χ2n) is 7.59. The first kappa shape index (κ1) is 23.5. The quantitative estimate of drug-likeness (QED) is 0.347. The van der Waals surface area contributed by atoms with E-state index in [1.54, 1.807) is 29.4 Å². The number of amides is 1. The number of nitrogens with two attached hydrogens (primary N) is 1. The van der Waals surface area contributed by atoms with Crippen molar-refractivity contribution in [2.45, 2.75) is 44.2 Å². The third-order valence-corrected chi connectivity index (χ3v) is 5.19. The van der Waals surface area contributed by atoms with Crippen LogP contribution in [-0.2, 0) is 9.88 Å². The van der Waals surface area contributed by atoms with Gasteiger partial charge in [0, 0.05) is 24.5 Å². The van der Waals surface area contributed by atoms with Crippen molar-refractivity contribution in [1.29, 1.82) is 0 Å². The van der Waals surface area contributed by atoms with Gasteiger partial charge in [0.15, 0.2) is 12.0 Å². The van der Waals surface area contributed by atoms with Gasteiger partial charge < -0.3 is 20.7 Å². The van der Waals surface area contributed by atoms with Gasteiger partial charge in [0.05, 0.1) is 29.8 Å². The van der Waals surface area contributed by atoms with E-state index >= 15 is 0 Å². The van der Waals surface area contributed by atoms with Crippen molar-refractivity contribution in [1.82, 2.24) is 20.4 Å². The molecule has 0 saturated heterocycles. The normalized spacial score (nSPS) is 21.7. The highest BCUT2D eigenvalue weighted by Crippen LogP contribution is 2.24. The number of halogens is 2. The van der Waals surface area contributed by atoms with E-state index in [1.807, 2.05) is 12.2 Å². The van der Waals surface area contributed by atoms with Crippen molar-refractivity contribution in [2.24, 2.45) is 5.73 Å². The van der Waals surface area contributed by atoms with Crippen LogP contribution in [0.5, 0.6) is 5.75 Å². The summed E-state index contributed by atoms with van der Waals surface area (Å²) in [5.41, 5.74) is 9.13. The van der Waals surface area contributed by atoms with E-state index in [4.69, 9.17) is 15.6 Å². The van der Waals surface area contributed by atoms with Crippen LogP contribution < -0.4 is 26.2 Å². The molecule has 2 aliphatic rings. The van der Waals surface area contributed by atoms with Crippen LogP contribution in [0.4, 0.5) is 20.4 Å². The predicted molar refractivity (Wildman–Crippen MR) is 116 cm³/mol. The zero-order valence-corrected chi connectivity index (χ0v) is 17.9. The summed E-state index contributed by atoms with van der Waals surface area (Å²) in [6, 6.07) is 1.69. The number of hydrogen-bond donors (Lipinski definition) is 3. The molecule has 0 bridgehead atoms. The van der Waals surface area contributed by atoms with Gasteiger partial charge in [0.25, 0.3) is 0 Å². The van der Waals surface area contributed by atoms with E-state index in [0.29, 0.717) is 18.1 Å². The van der Waals surface area contributed by atoms with Gasteiger partial charge in [-0.2, -0.15) is 19.1 Å². The first-order valence-electron chi connectivity index (χ1n) is 10.5. The van der Waals surface area contributed by atoms with Gasteiger partial charge in [0.1, 0.15) is 0 Å². The largest absolute Gasteiger partial charge is 0.432 e. The van der Waals surface area contributed by atoms with Crippen LogP contribution in [0.25, 0.3) is 0 Å². The van der Waals surface area contributed by atoms with Crippen LogP contribution >= 0.6 is 0 Å². The Labute approximate surface area is 193 Å². The molecule has 180 valence electrons. The molecule has 1 unspecified atom stereocenters. The molecule has 4 rings (SSSR count). The maximum Gasteiger partial charge on any atom is 0.387 e. The van der Waals surface area contributed by atoms with Crippen molar-refractivity contribution in [2.75, 3.05) is 10.2 Å².